The van der Waals surface area contributed by atoms with E-state index in [1.165, 1.54) is 6.33 Å². The maximum atomic E-state index is 3.67. The van der Waals surface area contributed by atoms with Gasteiger partial charge in [0.1, 0.15) is 6.33 Å². The van der Waals surface area contributed by atoms with E-state index in [0.717, 1.165) is 0 Å². The van der Waals surface area contributed by atoms with Crippen LogP contribution in [0, 0.1) is 0 Å². The van der Waals surface area contributed by atoms with Crippen molar-refractivity contribution in [1.82, 2.24) is 9.97 Å². The minimum absolute atomic E-state index is 1.50. The van der Waals surface area contributed by atoms with Crippen molar-refractivity contribution in [3.63, 3.8) is 0 Å². The predicted molar refractivity (Wildman–Crippen MR) is 48.5 cm³/mol. The summed E-state index contributed by atoms with van der Waals surface area (Å²) in [4.78, 5) is 7.35. The highest BCUT2D eigenvalue weighted by Gasteiger charge is 1.59. The molecule has 0 amide bonds. The van der Waals surface area contributed by atoms with E-state index in [1.807, 2.05) is 36.4 Å². The molecule has 2 aromatic rings. The summed E-state index contributed by atoms with van der Waals surface area (Å²) < 4.78 is 0. The summed E-state index contributed by atoms with van der Waals surface area (Å²) in [6, 6.07) is 13.8. The summed E-state index contributed by atoms with van der Waals surface area (Å²) >= 11 is 0. The summed E-state index contributed by atoms with van der Waals surface area (Å²) in [5, 5.41) is 0. The Morgan fingerprint density at radius 3 is 1.08 bits per heavy atom. The van der Waals surface area contributed by atoms with Crippen molar-refractivity contribution in [2.45, 2.75) is 0 Å². The van der Waals surface area contributed by atoms with Crippen molar-refractivity contribution in [1.29, 1.82) is 0 Å². The third kappa shape index (κ3) is 4.17. The molecule has 2 rings (SSSR count). The Kier molecular flexibility index (Phi) is 4.23. The fourth-order valence-electron chi connectivity index (χ4n) is 0.638. The van der Waals surface area contributed by atoms with Crippen LogP contribution in [-0.2, 0) is 0 Å². The van der Waals surface area contributed by atoms with E-state index in [1.54, 1.807) is 18.5 Å². The van der Waals surface area contributed by atoms with Gasteiger partial charge in [-0.2, -0.15) is 0 Å². The zero-order valence-corrected chi connectivity index (χ0v) is 6.67. The van der Waals surface area contributed by atoms with Crippen LogP contribution in [0.3, 0.4) is 0 Å². The highest BCUT2D eigenvalue weighted by molar-refractivity contribution is 4.99. The highest BCUT2D eigenvalue weighted by Crippen LogP contribution is 1.79. The Balaban J connectivity index is 0.000000120. The minimum atomic E-state index is 1.50. The van der Waals surface area contributed by atoms with Gasteiger partial charge in [0, 0.05) is 12.4 Å². The van der Waals surface area contributed by atoms with Gasteiger partial charge in [0.05, 0.1) is 0 Å². The zero-order valence-electron chi connectivity index (χ0n) is 6.67. The van der Waals surface area contributed by atoms with Crippen molar-refractivity contribution in [2.24, 2.45) is 0 Å². The fraction of sp³-hybridized carbons (Fsp3) is 0. The van der Waals surface area contributed by atoms with Crippen LogP contribution in [-0.4, -0.2) is 9.97 Å². The van der Waals surface area contributed by atoms with Crippen LogP contribution in [0.25, 0.3) is 0 Å². The average Bonchev–Trinajstić information content (AvgIpc) is 2.24. The molecule has 0 aliphatic carbocycles. The first kappa shape index (κ1) is 8.40. The number of aromatic nitrogens is 2. The lowest BCUT2D eigenvalue weighted by molar-refractivity contribution is 1.17. The maximum Gasteiger partial charge on any atom is 0.115 e. The van der Waals surface area contributed by atoms with Gasteiger partial charge in [-0.15, -0.1) is 0 Å². The normalized spacial score (nSPS) is 8.00. The zero-order chi connectivity index (χ0) is 8.49. The van der Waals surface area contributed by atoms with Gasteiger partial charge in [-0.3, -0.25) is 0 Å². The van der Waals surface area contributed by atoms with Gasteiger partial charge in [0.15, 0.2) is 0 Å². The van der Waals surface area contributed by atoms with Crippen molar-refractivity contribution < 1.29 is 0 Å². The first-order valence-electron chi connectivity index (χ1n) is 3.70. The molecule has 0 N–H and O–H groups in total. The minimum Gasteiger partial charge on any atom is -0.245 e. The number of benzene rings is 1. The summed E-state index contributed by atoms with van der Waals surface area (Å²) in [5.74, 6) is 0. The van der Waals surface area contributed by atoms with Gasteiger partial charge in [-0.25, -0.2) is 9.97 Å². The molecule has 1 heterocycles. The number of rotatable bonds is 0. The molecule has 0 fully saturated rings. The van der Waals surface area contributed by atoms with Crippen molar-refractivity contribution in [2.75, 3.05) is 0 Å². The van der Waals surface area contributed by atoms with E-state index >= 15 is 0 Å². The Morgan fingerprint density at radius 1 is 0.500 bits per heavy atom. The molecule has 12 heavy (non-hydrogen) atoms. The topological polar surface area (TPSA) is 25.8 Å². The third-order valence-electron chi connectivity index (χ3n) is 1.14. The monoisotopic (exact) mass is 158 g/mol. The molecular weight excluding hydrogens is 148 g/mol. The lowest BCUT2D eigenvalue weighted by Gasteiger charge is -1.70. The highest BCUT2D eigenvalue weighted by atomic mass is 14.8. The van der Waals surface area contributed by atoms with Crippen LogP contribution in [0.15, 0.2) is 61.2 Å². The standard InChI is InChI=1S/C6H6.C4H4N2/c1-2-4-6-5-3-1;1-2-5-4-6-3-1/h1-6H;1-4H. The van der Waals surface area contributed by atoms with Gasteiger partial charge in [0.25, 0.3) is 0 Å². The lowest BCUT2D eigenvalue weighted by atomic mass is 10.4. The molecule has 60 valence electrons. The van der Waals surface area contributed by atoms with Gasteiger partial charge in [0.2, 0.25) is 0 Å². The van der Waals surface area contributed by atoms with Crippen LogP contribution >= 0.6 is 0 Å². The van der Waals surface area contributed by atoms with E-state index < -0.39 is 0 Å². The molecule has 0 radical (unpaired) electrons. The van der Waals surface area contributed by atoms with Crippen LogP contribution in [0.2, 0.25) is 0 Å². The molecule has 1 aromatic heterocycles. The SMILES string of the molecule is c1ccccc1.c1cncnc1. The molecule has 0 aliphatic heterocycles. The van der Waals surface area contributed by atoms with Gasteiger partial charge < -0.3 is 0 Å². The van der Waals surface area contributed by atoms with E-state index in [9.17, 15) is 0 Å². The van der Waals surface area contributed by atoms with Crippen molar-refractivity contribution >= 4 is 0 Å². The quantitative estimate of drug-likeness (QED) is 0.587. The van der Waals surface area contributed by atoms with Crippen molar-refractivity contribution in [3.8, 4) is 0 Å². The molecule has 0 bridgehead atoms. The van der Waals surface area contributed by atoms with E-state index in [2.05, 4.69) is 9.97 Å². The van der Waals surface area contributed by atoms with Crippen LogP contribution < -0.4 is 0 Å². The molecule has 0 aliphatic rings. The third-order valence-corrected chi connectivity index (χ3v) is 1.14. The van der Waals surface area contributed by atoms with Gasteiger partial charge in [-0.1, -0.05) is 36.4 Å². The molecule has 0 unspecified atom stereocenters. The van der Waals surface area contributed by atoms with E-state index in [-0.39, 0.29) is 0 Å². The Morgan fingerprint density at radius 2 is 0.917 bits per heavy atom. The van der Waals surface area contributed by atoms with E-state index in [4.69, 9.17) is 0 Å². The summed E-state index contributed by atoms with van der Waals surface area (Å²) in [7, 11) is 0. The summed E-state index contributed by atoms with van der Waals surface area (Å²) in [5.41, 5.74) is 0. The van der Waals surface area contributed by atoms with Crippen molar-refractivity contribution in [3.05, 3.63) is 61.2 Å². The second kappa shape index (κ2) is 6.04. The molecule has 2 heteroatoms. The van der Waals surface area contributed by atoms with Gasteiger partial charge >= 0.3 is 0 Å². The second-order valence-electron chi connectivity index (χ2n) is 2.06. The molecule has 1 aromatic carbocycles. The maximum absolute atomic E-state index is 3.67. The first-order chi connectivity index (χ1) is 6.00. The Labute approximate surface area is 71.9 Å². The summed E-state index contributed by atoms with van der Waals surface area (Å²) in [6.07, 6.45) is 4.88. The smallest absolute Gasteiger partial charge is 0.115 e. The first-order valence-corrected chi connectivity index (χ1v) is 3.70. The molecule has 0 saturated carbocycles. The Hall–Kier alpha value is -1.70. The predicted octanol–water partition coefficient (Wildman–Crippen LogP) is 2.16. The number of hydrogen-bond acceptors (Lipinski definition) is 2. The van der Waals surface area contributed by atoms with Crippen LogP contribution in [0.4, 0.5) is 0 Å². The van der Waals surface area contributed by atoms with Gasteiger partial charge in [-0.05, 0) is 6.07 Å². The molecule has 0 spiro atoms. The molecule has 0 saturated heterocycles. The summed E-state index contributed by atoms with van der Waals surface area (Å²) in [6.45, 7) is 0. The van der Waals surface area contributed by atoms with E-state index in [0.29, 0.717) is 0 Å². The Bertz CT molecular complexity index is 183. The number of nitrogens with zero attached hydrogens (tertiary/aromatic N) is 2. The van der Waals surface area contributed by atoms with Crippen LogP contribution in [0.5, 0.6) is 0 Å². The molecule has 0 atom stereocenters. The van der Waals surface area contributed by atoms with Crippen LogP contribution in [0.1, 0.15) is 0 Å². The fourth-order valence-corrected chi connectivity index (χ4v) is 0.638. The number of hydrogen-bond donors (Lipinski definition) is 0. The average molecular weight is 158 g/mol. The molecular formula is C10H10N2. The second-order valence-corrected chi connectivity index (χ2v) is 2.06. The molecule has 2 nitrogen and oxygen atoms in total. The largest absolute Gasteiger partial charge is 0.245 e. The lowest BCUT2D eigenvalue weighted by Crippen LogP contribution is -1.66.